The summed E-state index contributed by atoms with van der Waals surface area (Å²) in [5, 5.41) is 6.27. The molecule has 1 unspecified atom stereocenters. The molecule has 1 aromatic carbocycles. The third-order valence-electron chi connectivity index (χ3n) is 3.63. The van der Waals surface area contributed by atoms with Crippen LogP contribution in [0.2, 0.25) is 0 Å². The fourth-order valence-electron chi connectivity index (χ4n) is 2.31. The SMILES string of the molecule is CC(C)Cc1ccc(C(C)NC(=O)CNC2CC2)cc1. The van der Waals surface area contributed by atoms with Crippen LogP contribution in [0.3, 0.4) is 0 Å². The number of rotatable bonds is 7. The fraction of sp³-hybridized carbons (Fsp3) is 0.588. The summed E-state index contributed by atoms with van der Waals surface area (Å²) in [4.78, 5) is 11.8. The zero-order valence-corrected chi connectivity index (χ0v) is 12.8. The normalized spacial score (nSPS) is 16.2. The molecule has 2 rings (SSSR count). The van der Waals surface area contributed by atoms with Gasteiger partial charge in [-0.1, -0.05) is 38.1 Å². The molecule has 0 heterocycles. The van der Waals surface area contributed by atoms with E-state index in [2.05, 4.69) is 48.7 Å². The zero-order chi connectivity index (χ0) is 14.5. The van der Waals surface area contributed by atoms with Crippen LogP contribution < -0.4 is 10.6 Å². The summed E-state index contributed by atoms with van der Waals surface area (Å²) < 4.78 is 0. The number of amides is 1. The molecule has 0 spiro atoms. The van der Waals surface area contributed by atoms with Gasteiger partial charge in [-0.05, 0) is 43.2 Å². The second kappa shape index (κ2) is 6.89. The minimum absolute atomic E-state index is 0.0663. The predicted octanol–water partition coefficient (Wildman–Crippen LogP) is 2.81. The summed E-state index contributed by atoms with van der Waals surface area (Å²) in [6, 6.07) is 9.22. The molecule has 1 aliphatic rings. The minimum atomic E-state index is 0.0663. The molecular formula is C17H26N2O. The lowest BCUT2D eigenvalue weighted by atomic mass is 10.00. The van der Waals surface area contributed by atoms with Crippen LogP contribution in [0.1, 0.15) is 50.8 Å². The van der Waals surface area contributed by atoms with Crippen molar-refractivity contribution in [3.8, 4) is 0 Å². The first-order valence-corrected chi connectivity index (χ1v) is 7.66. The molecule has 0 aliphatic heterocycles. The van der Waals surface area contributed by atoms with E-state index in [0.29, 0.717) is 18.5 Å². The lowest BCUT2D eigenvalue weighted by Crippen LogP contribution is -2.36. The molecule has 1 aromatic rings. The van der Waals surface area contributed by atoms with Crippen LogP contribution in [0.15, 0.2) is 24.3 Å². The molecule has 3 heteroatoms. The van der Waals surface area contributed by atoms with Gasteiger partial charge in [0.1, 0.15) is 0 Å². The van der Waals surface area contributed by atoms with Crippen molar-refractivity contribution < 1.29 is 4.79 Å². The maximum absolute atomic E-state index is 11.8. The van der Waals surface area contributed by atoms with Gasteiger partial charge in [-0.2, -0.15) is 0 Å². The van der Waals surface area contributed by atoms with Gasteiger partial charge in [0, 0.05) is 6.04 Å². The number of carbonyl (C=O) groups is 1. The third kappa shape index (κ3) is 4.97. The molecule has 1 amide bonds. The molecule has 0 radical (unpaired) electrons. The topological polar surface area (TPSA) is 41.1 Å². The summed E-state index contributed by atoms with van der Waals surface area (Å²) in [7, 11) is 0. The van der Waals surface area contributed by atoms with E-state index in [1.165, 1.54) is 18.4 Å². The highest BCUT2D eigenvalue weighted by Gasteiger charge is 2.21. The average Bonchev–Trinajstić information content (AvgIpc) is 3.20. The Morgan fingerprint density at radius 1 is 1.20 bits per heavy atom. The van der Waals surface area contributed by atoms with E-state index in [1.807, 2.05) is 6.92 Å². The Labute approximate surface area is 122 Å². The van der Waals surface area contributed by atoms with Crippen LogP contribution in [0.25, 0.3) is 0 Å². The zero-order valence-electron chi connectivity index (χ0n) is 12.8. The van der Waals surface area contributed by atoms with E-state index < -0.39 is 0 Å². The molecule has 0 saturated heterocycles. The molecule has 1 aliphatic carbocycles. The number of carbonyl (C=O) groups excluding carboxylic acids is 1. The minimum Gasteiger partial charge on any atom is -0.348 e. The predicted molar refractivity (Wildman–Crippen MR) is 82.6 cm³/mol. The number of benzene rings is 1. The Morgan fingerprint density at radius 2 is 1.85 bits per heavy atom. The molecule has 3 nitrogen and oxygen atoms in total. The Bertz CT molecular complexity index is 435. The van der Waals surface area contributed by atoms with Gasteiger partial charge in [0.25, 0.3) is 0 Å². The highest BCUT2D eigenvalue weighted by molar-refractivity contribution is 5.78. The highest BCUT2D eigenvalue weighted by Crippen LogP contribution is 2.18. The first-order valence-electron chi connectivity index (χ1n) is 7.66. The maximum atomic E-state index is 11.8. The molecular weight excluding hydrogens is 248 g/mol. The summed E-state index contributed by atoms with van der Waals surface area (Å²) in [6.07, 6.45) is 3.52. The van der Waals surface area contributed by atoms with Gasteiger partial charge < -0.3 is 10.6 Å². The Kier molecular flexibility index (Phi) is 5.18. The quantitative estimate of drug-likeness (QED) is 0.803. The molecule has 110 valence electrons. The Morgan fingerprint density at radius 3 is 2.40 bits per heavy atom. The van der Waals surface area contributed by atoms with Crippen LogP contribution in [0.5, 0.6) is 0 Å². The molecule has 2 N–H and O–H groups in total. The number of hydrogen-bond donors (Lipinski definition) is 2. The monoisotopic (exact) mass is 274 g/mol. The summed E-state index contributed by atoms with van der Waals surface area (Å²) in [5.41, 5.74) is 2.52. The average molecular weight is 274 g/mol. The molecule has 1 fully saturated rings. The molecule has 1 atom stereocenters. The van der Waals surface area contributed by atoms with Crippen molar-refractivity contribution in [2.75, 3.05) is 6.54 Å². The van der Waals surface area contributed by atoms with Crippen molar-refractivity contribution in [3.63, 3.8) is 0 Å². The van der Waals surface area contributed by atoms with E-state index in [4.69, 9.17) is 0 Å². The lowest BCUT2D eigenvalue weighted by Gasteiger charge is -2.15. The molecule has 20 heavy (non-hydrogen) atoms. The summed E-state index contributed by atoms with van der Waals surface area (Å²) in [5.74, 6) is 0.752. The van der Waals surface area contributed by atoms with E-state index >= 15 is 0 Å². The van der Waals surface area contributed by atoms with Crippen LogP contribution in [-0.4, -0.2) is 18.5 Å². The molecule has 0 aromatic heterocycles. The van der Waals surface area contributed by atoms with Crippen molar-refractivity contribution >= 4 is 5.91 Å². The largest absolute Gasteiger partial charge is 0.348 e. The van der Waals surface area contributed by atoms with Crippen molar-refractivity contribution in [1.29, 1.82) is 0 Å². The fourth-order valence-corrected chi connectivity index (χ4v) is 2.31. The third-order valence-corrected chi connectivity index (χ3v) is 3.63. The van der Waals surface area contributed by atoms with Crippen LogP contribution in [-0.2, 0) is 11.2 Å². The molecule has 0 bridgehead atoms. The van der Waals surface area contributed by atoms with E-state index in [-0.39, 0.29) is 11.9 Å². The van der Waals surface area contributed by atoms with E-state index in [1.54, 1.807) is 0 Å². The van der Waals surface area contributed by atoms with Gasteiger partial charge in [0.05, 0.1) is 12.6 Å². The van der Waals surface area contributed by atoms with Gasteiger partial charge in [0.2, 0.25) is 5.91 Å². The van der Waals surface area contributed by atoms with Gasteiger partial charge in [-0.15, -0.1) is 0 Å². The number of hydrogen-bond acceptors (Lipinski definition) is 2. The smallest absolute Gasteiger partial charge is 0.234 e. The lowest BCUT2D eigenvalue weighted by molar-refractivity contribution is -0.120. The van der Waals surface area contributed by atoms with Crippen LogP contribution in [0, 0.1) is 5.92 Å². The second-order valence-corrected chi connectivity index (χ2v) is 6.28. The summed E-state index contributed by atoms with van der Waals surface area (Å²) in [6.45, 7) is 6.92. The van der Waals surface area contributed by atoms with Gasteiger partial charge in [0.15, 0.2) is 0 Å². The van der Waals surface area contributed by atoms with E-state index in [9.17, 15) is 4.79 Å². The van der Waals surface area contributed by atoms with E-state index in [0.717, 1.165) is 12.0 Å². The van der Waals surface area contributed by atoms with Crippen LogP contribution >= 0.6 is 0 Å². The van der Waals surface area contributed by atoms with Gasteiger partial charge in [-0.25, -0.2) is 0 Å². The second-order valence-electron chi connectivity index (χ2n) is 6.28. The first-order chi connectivity index (χ1) is 9.54. The van der Waals surface area contributed by atoms with Crippen molar-refractivity contribution in [3.05, 3.63) is 35.4 Å². The number of nitrogens with one attached hydrogen (secondary N) is 2. The Balaban J connectivity index is 1.81. The Hall–Kier alpha value is -1.35. The summed E-state index contributed by atoms with van der Waals surface area (Å²) >= 11 is 0. The van der Waals surface area contributed by atoms with Crippen molar-refractivity contribution in [2.45, 2.75) is 52.1 Å². The van der Waals surface area contributed by atoms with Crippen molar-refractivity contribution in [1.82, 2.24) is 10.6 Å². The standard InChI is InChI=1S/C17H26N2O/c1-12(2)10-14-4-6-15(7-5-14)13(3)19-17(20)11-18-16-8-9-16/h4-7,12-13,16,18H,8-11H2,1-3H3,(H,19,20). The first kappa shape index (κ1) is 15.0. The highest BCUT2D eigenvalue weighted by atomic mass is 16.1. The van der Waals surface area contributed by atoms with Crippen molar-refractivity contribution in [2.24, 2.45) is 5.92 Å². The molecule has 1 saturated carbocycles. The van der Waals surface area contributed by atoms with Gasteiger partial charge >= 0.3 is 0 Å². The van der Waals surface area contributed by atoms with Crippen LogP contribution in [0.4, 0.5) is 0 Å². The maximum Gasteiger partial charge on any atom is 0.234 e. The van der Waals surface area contributed by atoms with Gasteiger partial charge in [-0.3, -0.25) is 4.79 Å².